The monoisotopic (exact) mass is 508 g/mol. The smallest absolute Gasteiger partial charge is 0.548 e. The maximum atomic E-state index is 13.2. The van der Waals surface area contributed by atoms with Gasteiger partial charge in [0.2, 0.25) is 0 Å². The minimum atomic E-state index is -1.17. The van der Waals surface area contributed by atoms with Crippen molar-refractivity contribution in [3.63, 3.8) is 0 Å². The van der Waals surface area contributed by atoms with Crippen molar-refractivity contribution in [2.24, 2.45) is 0 Å². The predicted octanol–water partition coefficient (Wildman–Crippen LogP) is 0.315. The van der Waals surface area contributed by atoms with Gasteiger partial charge in [-0.05, 0) is 62.4 Å². The van der Waals surface area contributed by atoms with E-state index in [1.807, 2.05) is 56.0 Å². The molecular formula is C27H34ClLiN2O5. The first-order valence-electron chi connectivity index (χ1n) is 11.8. The third-order valence-electron chi connectivity index (χ3n) is 6.07. The number of aliphatic carboxylic acids is 1. The summed E-state index contributed by atoms with van der Waals surface area (Å²) in [6.45, 7) is 6.97. The van der Waals surface area contributed by atoms with Gasteiger partial charge in [-0.2, -0.15) is 0 Å². The number of hydrogen-bond donors (Lipinski definition) is 0. The molecule has 2 unspecified atom stereocenters. The Morgan fingerprint density at radius 1 is 1.14 bits per heavy atom. The van der Waals surface area contributed by atoms with Crippen molar-refractivity contribution in [2.45, 2.75) is 57.8 Å². The number of methoxy groups -OCH3 is 1. The molecular weight excluding hydrogens is 475 g/mol. The fraction of sp³-hybridized carbons (Fsp3) is 0.481. The quantitative estimate of drug-likeness (QED) is 0.454. The molecule has 0 spiro atoms. The fourth-order valence-electron chi connectivity index (χ4n) is 4.34. The molecule has 2 aromatic rings. The van der Waals surface area contributed by atoms with Crippen molar-refractivity contribution in [3.8, 4) is 0 Å². The number of rotatable bonds is 9. The summed E-state index contributed by atoms with van der Waals surface area (Å²) in [5.41, 5.74) is 2.41. The molecule has 2 atom stereocenters. The number of carboxylic acids is 1. The molecule has 3 rings (SSSR count). The molecule has 0 aromatic heterocycles. The van der Waals surface area contributed by atoms with Crippen LogP contribution >= 0.6 is 11.6 Å². The first-order chi connectivity index (χ1) is 16.6. The van der Waals surface area contributed by atoms with E-state index in [1.165, 1.54) is 0 Å². The number of hydrogen-bond acceptors (Lipinski definition) is 6. The van der Waals surface area contributed by atoms with Crippen LogP contribution in [0.5, 0.6) is 0 Å². The van der Waals surface area contributed by atoms with E-state index in [0.29, 0.717) is 37.7 Å². The number of nitrogens with zero attached hydrogens (tertiary/aromatic N) is 2. The molecule has 0 fully saturated rings. The third kappa shape index (κ3) is 8.54. The zero-order valence-corrected chi connectivity index (χ0v) is 22.6. The second-order valence-electron chi connectivity index (χ2n) is 9.89. The van der Waals surface area contributed by atoms with E-state index < -0.39 is 23.7 Å². The first kappa shape index (κ1) is 30.2. The van der Waals surface area contributed by atoms with E-state index in [-0.39, 0.29) is 31.3 Å². The molecule has 1 heterocycles. The molecule has 0 saturated carbocycles. The summed E-state index contributed by atoms with van der Waals surface area (Å²) in [6, 6.07) is 13.9. The van der Waals surface area contributed by atoms with Gasteiger partial charge in [-0.25, -0.2) is 4.79 Å². The number of amides is 1. The summed E-state index contributed by atoms with van der Waals surface area (Å²) in [7, 11) is 1.58. The summed E-state index contributed by atoms with van der Waals surface area (Å²) in [5.74, 6) is -1.17. The molecule has 190 valence electrons. The van der Waals surface area contributed by atoms with Crippen LogP contribution in [0.3, 0.4) is 0 Å². The van der Waals surface area contributed by atoms with Crippen LogP contribution in [-0.4, -0.2) is 66.4 Å². The molecule has 0 radical (unpaired) electrons. The van der Waals surface area contributed by atoms with Crippen LogP contribution < -0.4 is 24.0 Å². The van der Waals surface area contributed by atoms with Gasteiger partial charge in [0.25, 0.3) is 0 Å². The Labute approximate surface area is 230 Å². The standard InChI is InChI=1S/C27H35ClN2O5.Li/c1-27(2,3)35-26(33)30-17-21-8-6-5-7-20(21)16-23(30)18-29(13-14-34-4)24(25(31)32)15-19-9-11-22(28)12-10-19;/h5-12,23-24H,13-18H2,1-4H3,(H,31,32);/q;+1/p-1. The number of ether oxygens (including phenoxy) is 2. The van der Waals surface area contributed by atoms with E-state index in [1.54, 1.807) is 24.1 Å². The molecule has 0 aliphatic carbocycles. The Kier molecular flexibility index (Phi) is 11.3. The van der Waals surface area contributed by atoms with Gasteiger partial charge in [0.05, 0.1) is 24.7 Å². The normalized spacial score (nSPS) is 16.2. The molecule has 0 bridgehead atoms. The van der Waals surface area contributed by atoms with Crippen LogP contribution in [0.1, 0.15) is 37.5 Å². The number of benzene rings is 2. The zero-order chi connectivity index (χ0) is 25.6. The fourth-order valence-corrected chi connectivity index (χ4v) is 4.47. The number of fused-ring (bicyclic) bond motifs is 1. The summed E-state index contributed by atoms with van der Waals surface area (Å²) >= 11 is 6.00. The Bertz CT molecular complexity index is 1010. The summed E-state index contributed by atoms with van der Waals surface area (Å²) in [4.78, 5) is 29.0. The van der Waals surface area contributed by atoms with Gasteiger partial charge in [0, 0.05) is 31.8 Å². The van der Waals surface area contributed by atoms with E-state index in [2.05, 4.69) is 6.07 Å². The van der Waals surface area contributed by atoms with Crippen molar-refractivity contribution in [3.05, 3.63) is 70.2 Å². The van der Waals surface area contributed by atoms with Crippen molar-refractivity contribution in [2.75, 3.05) is 26.8 Å². The summed E-state index contributed by atoms with van der Waals surface area (Å²) in [5, 5.41) is 12.9. The number of carboxylic acid groups (broad SMARTS) is 1. The van der Waals surface area contributed by atoms with Crippen LogP contribution in [0.15, 0.2) is 48.5 Å². The second kappa shape index (κ2) is 13.5. The van der Waals surface area contributed by atoms with Gasteiger partial charge < -0.3 is 19.4 Å². The van der Waals surface area contributed by atoms with Crippen LogP contribution in [-0.2, 0) is 33.7 Å². The molecule has 1 amide bonds. The largest absolute Gasteiger partial charge is 1.00 e. The van der Waals surface area contributed by atoms with Crippen molar-refractivity contribution >= 4 is 23.7 Å². The van der Waals surface area contributed by atoms with Crippen LogP contribution in [0.4, 0.5) is 4.79 Å². The Morgan fingerprint density at radius 3 is 2.36 bits per heavy atom. The number of carbonyl (C=O) groups excluding carboxylic acids is 2. The third-order valence-corrected chi connectivity index (χ3v) is 6.32. The molecule has 1 aliphatic rings. The van der Waals surface area contributed by atoms with Gasteiger partial charge >= 0.3 is 25.0 Å². The minimum Gasteiger partial charge on any atom is -0.548 e. The molecule has 36 heavy (non-hydrogen) atoms. The van der Waals surface area contributed by atoms with Crippen LogP contribution in [0.25, 0.3) is 0 Å². The van der Waals surface area contributed by atoms with Gasteiger partial charge in [0.15, 0.2) is 0 Å². The molecule has 1 aliphatic heterocycles. The zero-order valence-electron chi connectivity index (χ0n) is 21.8. The molecule has 2 aromatic carbocycles. The molecule has 0 saturated heterocycles. The predicted molar refractivity (Wildman–Crippen MR) is 133 cm³/mol. The van der Waals surface area contributed by atoms with Crippen molar-refractivity contribution in [1.29, 1.82) is 0 Å². The average Bonchev–Trinajstić information content (AvgIpc) is 2.79. The van der Waals surface area contributed by atoms with Gasteiger partial charge in [-0.1, -0.05) is 48.0 Å². The molecule has 7 nitrogen and oxygen atoms in total. The van der Waals surface area contributed by atoms with Crippen LogP contribution in [0.2, 0.25) is 5.02 Å². The van der Waals surface area contributed by atoms with Gasteiger partial charge in [-0.15, -0.1) is 0 Å². The van der Waals surface area contributed by atoms with E-state index >= 15 is 0 Å². The van der Waals surface area contributed by atoms with Crippen molar-refractivity contribution in [1.82, 2.24) is 9.80 Å². The van der Waals surface area contributed by atoms with Crippen LogP contribution in [0, 0.1) is 0 Å². The maximum Gasteiger partial charge on any atom is 1.00 e. The number of carbonyl (C=O) groups is 2. The summed E-state index contributed by atoms with van der Waals surface area (Å²) < 4.78 is 11.0. The van der Waals surface area contributed by atoms with E-state index in [9.17, 15) is 14.7 Å². The van der Waals surface area contributed by atoms with Gasteiger partial charge in [-0.3, -0.25) is 9.80 Å². The first-order valence-corrected chi connectivity index (χ1v) is 12.2. The molecule has 9 heteroatoms. The topological polar surface area (TPSA) is 82.1 Å². The maximum absolute atomic E-state index is 13.2. The minimum absolute atomic E-state index is 0. The molecule has 0 N–H and O–H groups in total. The Morgan fingerprint density at radius 2 is 1.78 bits per heavy atom. The Balaban J connectivity index is 0.00000456. The van der Waals surface area contributed by atoms with E-state index in [0.717, 1.165) is 16.7 Å². The SMILES string of the molecule is COCCN(CC1Cc2ccccc2CN1C(=O)OC(C)(C)C)C(Cc1ccc(Cl)cc1)C(=O)[O-].[Li+]. The van der Waals surface area contributed by atoms with E-state index in [4.69, 9.17) is 21.1 Å². The second-order valence-corrected chi connectivity index (χ2v) is 10.3. The number of halogens is 1. The van der Waals surface area contributed by atoms with Gasteiger partial charge in [0.1, 0.15) is 5.60 Å². The Hall–Kier alpha value is -2.01. The average molecular weight is 509 g/mol. The summed E-state index contributed by atoms with van der Waals surface area (Å²) in [6.07, 6.45) is 0.435. The van der Waals surface area contributed by atoms with Crippen molar-refractivity contribution < 1.29 is 43.0 Å².